The molecule has 3 N–H and O–H groups in total. The van der Waals surface area contributed by atoms with Crippen molar-refractivity contribution >= 4 is 24.0 Å². The van der Waals surface area contributed by atoms with Crippen LogP contribution in [0.1, 0.15) is 15.9 Å². The summed E-state index contributed by atoms with van der Waals surface area (Å²) in [6, 6.07) is 12.7. The molecule has 5 heteroatoms. The van der Waals surface area contributed by atoms with Crippen molar-refractivity contribution in [1.82, 2.24) is 0 Å². The van der Waals surface area contributed by atoms with Crippen LogP contribution in [0.5, 0.6) is 0 Å². The van der Waals surface area contributed by atoms with Gasteiger partial charge in [-0.05, 0) is 42.0 Å². The van der Waals surface area contributed by atoms with E-state index in [-0.39, 0.29) is 24.1 Å². The molecule has 0 saturated carbocycles. The van der Waals surface area contributed by atoms with Gasteiger partial charge in [-0.1, -0.05) is 12.1 Å². The van der Waals surface area contributed by atoms with Crippen LogP contribution in [0.4, 0.5) is 10.1 Å². The second kappa shape index (κ2) is 6.87. The predicted molar refractivity (Wildman–Crippen MR) is 75.9 cm³/mol. The van der Waals surface area contributed by atoms with Gasteiger partial charge >= 0.3 is 0 Å². The maximum absolute atomic E-state index is 12.7. The molecule has 2 rings (SSSR count). The highest BCUT2D eigenvalue weighted by atomic mass is 35.5. The van der Waals surface area contributed by atoms with Gasteiger partial charge in [-0.2, -0.15) is 0 Å². The molecule has 0 aliphatic carbocycles. The van der Waals surface area contributed by atoms with E-state index in [9.17, 15) is 9.18 Å². The third kappa shape index (κ3) is 4.05. The maximum atomic E-state index is 12.7. The first-order valence-corrected chi connectivity index (χ1v) is 5.55. The average molecular weight is 281 g/mol. The molecule has 0 saturated heterocycles. The number of nitrogens with one attached hydrogen (secondary N) is 1. The summed E-state index contributed by atoms with van der Waals surface area (Å²) in [5.41, 5.74) is 7.58. The van der Waals surface area contributed by atoms with E-state index < -0.39 is 0 Å². The fourth-order valence-electron chi connectivity index (χ4n) is 1.53. The normalized spacial score (nSPS) is 9.58. The monoisotopic (exact) mass is 280 g/mol. The lowest BCUT2D eigenvalue weighted by Gasteiger charge is -2.06. The van der Waals surface area contributed by atoms with Gasteiger partial charge in [0.05, 0.1) is 0 Å². The van der Waals surface area contributed by atoms with E-state index in [0.717, 1.165) is 5.56 Å². The Balaban J connectivity index is 0.00000180. The van der Waals surface area contributed by atoms with Crippen molar-refractivity contribution in [2.75, 3.05) is 5.32 Å². The van der Waals surface area contributed by atoms with Crippen LogP contribution in [0, 0.1) is 5.82 Å². The maximum Gasteiger partial charge on any atom is 0.255 e. The molecular formula is C14H14ClFN2O. The number of benzene rings is 2. The summed E-state index contributed by atoms with van der Waals surface area (Å²) in [7, 11) is 0. The van der Waals surface area contributed by atoms with Crippen LogP contribution < -0.4 is 11.1 Å². The van der Waals surface area contributed by atoms with Crippen molar-refractivity contribution in [3.8, 4) is 0 Å². The lowest BCUT2D eigenvalue weighted by atomic mass is 10.2. The summed E-state index contributed by atoms with van der Waals surface area (Å²) < 4.78 is 12.7. The van der Waals surface area contributed by atoms with Gasteiger partial charge in [-0.25, -0.2) is 4.39 Å². The molecule has 0 radical (unpaired) electrons. The first kappa shape index (κ1) is 15.1. The Hall–Kier alpha value is -1.91. The Morgan fingerprint density at radius 1 is 1.05 bits per heavy atom. The molecule has 2 aromatic rings. The van der Waals surface area contributed by atoms with E-state index in [2.05, 4.69) is 5.32 Å². The molecule has 0 fully saturated rings. The Morgan fingerprint density at radius 2 is 1.63 bits per heavy atom. The topological polar surface area (TPSA) is 55.1 Å². The van der Waals surface area contributed by atoms with Gasteiger partial charge in [0, 0.05) is 17.8 Å². The van der Waals surface area contributed by atoms with Gasteiger partial charge in [-0.15, -0.1) is 12.4 Å². The van der Waals surface area contributed by atoms with Crippen molar-refractivity contribution in [2.45, 2.75) is 6.54 Å². The quantitative estimate of drug-likeness (QED) is 0.908. The predicted octanol–water partition coefficient (Wildman–Crippen LogP) is 2.96. The van der Waals surface area contributed by atoms with Gasteiger partial charge < -0.3 is 11.1 Å². The van der Waals surface area contributed by atoms with Crippen LogP contribution >= 0.6 is 12.4 Å². The number of carbonyl (C=O) groups excluding carboxylic acids is 1. The summed E-state index contributed by atoms with van der Waals surface area (Å²) in [5.74, 6) is -0.630. The van der Waals surface area contributed by atoms with Crippen LogP contribution in [0.3, 0.4) is 0 Å². The number of hydrogen-bond donors (Lipinski definition) is 2. The van der Waals surface area contributed by atoms with Gasteiger partial charge in [0.25, 0.3) is 5.91 Å². The van der Waals surface area contributed by atoms with Crippen LogP contribution in [-0.2, 0) is 6.54 Å². The van der Waals surface area contributed by atoms with E-state index in [4.69, 9.17) is 5.73 Å². The molecule has 0 aromatic heterocycles. The molecular weight excluding hydrogens is 267 g/mol. The summed E-state index contributed by atoms with van der Waals surface area (Å²) in [6.07, 6.45) is 0. The second-order valence-electron chi connectivity index (χ2n) is 3.86. The largest absolute Gasteiger partial charge is 0.326 e. The number of anilines is 1. The van der Waals surface area contributed by atoms with Gasteiger partial charge in [0.2, 0.25) is 0 Å². The smallest absolute Gasteiger partial charge is 0.255 e. The molecule has 0 aliphatic rings. The van der Waals surface area contributed by atoms with Crippen LogP contribution in [0.25, 0.3) is 0 Å². The summed E-state index contributed by atoms with van der Waals surface area (Å²) in [6.45, 7) is 0.464. The van der Waals surface area contributed by atoms with Crippen molar-refractivity contribution in [1.29, 1.82) is 0 Å². The van der Waals surface area contributed by atoms with Crippen molar-refractivity contribution in [2.24, 2.45) is 5.73 Å². The van der Waals surface area contributed by atoms with Crippen LogP contribution in [0.2, 0.25) is 0 Å². The average Bonchev–Trinajstić information content (AvgIpc) is 2.40. The Labute approximate surface area is 117 Å². The fraction of sp³-hybridized carbons (Fsp3) is 0.0714. The third-order valence-corrected chi connectivity index (χ3v) is 2.55. The fourth-order valence-corrected chi connectivity index (χ4v) is 1.53. The minimum absolute atomic E-state index is 0. The van der Waals surface area contributed by atoms with E-state index >= 15 is 0 Å². The van der Waals surface area contributed by atoms with Crippen molar-refractivity contribution in [3.63, 3.8) is 0 Å². The molecule has 0 unspecified atom stereocenters. The number of rotatable bonds is 3. The van der Waals surface area contributed by atoms with E-state index in [1.165, 1.54) is 24.3 Å². The zero-order chi connectivity index (χ0) is 13.0. The standard InChI is InChI=1S/C14H13FN2O.ClH/c15-12-5-3-11(4-6-12)14(18)17-13-7-1-10(9-16)2-8-13;/h1-8H,9,16H2,(H,17,18);1H. The Bertz CT molecular complexity index is 540. The van der Waals surface area contributed by atoms with Crippen LogP contribution in [0.15, 0.2) is 48.5 Å². The molecule has 2 aromatic carbocycles. The van der Waals surface area contributed by atoms with Crippen molar-refractivity contribution < 1.29 is 9.18 Å². The molecule has 0 spiro atoms. The van der Waals surface area contributed by atoms with Gasteiger partial charge in [0.15, 0.2) is 0 Å². The number of amides is 1. The van der Waals surface area contributed by atoms with Crippen molar-refractivity contribution in [3.05, 3.63) is 65.5 Å². The molecule has 1 amide bonds. The summed E-state index contributed by atoms with van der Waals surface area (Å²) >= 11 is 0. The lowest BCUT2D eigenvalue weighted by molar-refractivity contribution is 0.102. The lowest BCUT2D eigenvalue weighted by Crippen LogP contribution is -2.11. The van der Waals surface area contributed by atoms with E-state index in [0.29, 0.717) is 17.8 Å². The number of nitrogens with two attached hydrogens (primary N) is 1. The Morgan fingerprint density at radius 3 is 2.16 bits per heavy atom. The zero-order valence-corrected chi connectivity index (χ0v) is 10.9. The molecule has 0 heterocycles. The third-order valence-electron chi connectivity index (χ3n) is 2.55. The summed E-state index contributed by atoms with van der Waals surface area (Å²) in [4.78, 5) is 11.8. The van der Waals surface area contributed by atoms with E-state index in [1.54, 1.807) is 12.1 Å². The summed E-state index contributed by atoms with van der Waals surface area (Å²) in [5, 5.41) is 2.73. The molecule has 0 bridgehead atoms. The first-order chi connectivity index (χ1) is 8.69. The molecule has 19 heavy (non-hydrogen) atoms. The van der Waals surface area contributed by atoms with Crippen LogP contribution in [-0.4, -0.2) is 5.91 Å². The number of halogens is 2. The number of carbonyl (C=O) groups is 1. The second-order valence-corrected chi connectivity index (χ2v) is 3.86. The first-order valence-electron chi connectivity index (χ1n) is 5.55. The molecule has 0 atom stereocenters. The minimum Gasteiger partial charge on any atom is -0.326 e. The molecule has 0 aliphatic heterocycles. The zero-order valence-electron chi connectivity index (χ0n) is 10.1. The van der Waals surface area contributed by atoms with Gasteiger partial charge in [0.1, 0.15) is 5.82 Å². The van der Waals surface area contributed by atoms with Gasteiger partial charge in [-0.3, -0.25) is 4.79 Å². The highest BCUT2D eigenvalue weighted by molar-refractivity contribution is 6.04. The molecule has 100 valence electrons. The highest BCUT2D eigenvalue weighted by Crippen LogP contribution is 2.11. The number of hydrogen-bond acceptors (Lipinski definition) is 2. The SMILES string of the molecule is Cl.NCc1ccc(NC(=O)c2ccc(F)cc2)cc1. The Kier molecular flexibility index (Phi) is 5.48. The highest BCUT2D eigenvalue weighted by Gasteiger charge is 2.05. The molecule has 3 nitrogen and oxygen atoms in total. The van der Waals surface area contributed by atoms with E-state index in [1.807, 2.05) is 12.1 Å². The minimum atomic E-state index is -0.362.